The molecule has 4 heteroatoms. The van der Waals surface area contributed by atoms with Crippen molar-refractivity contribution in [2.45, 2.75) is 5.41 Å². The number of nitrogens with zero attached hydrogens (tertiary/aromatic N) is 4. The van der Waals surface area contributed by atoms with Gasteiger partial charge in [-0.05, 0) is 79.4 Å². The van der Waals surface area contributed by atoms with Gasteiger partial charge in [-0.2, -0.15) is 0 Å². The van der Waals surface area contributed by atoms with Gasteiger partial charge in [-0.15, -0.1) is 0 Å². The predicted molar refractivity (Wildman–Crippen MR) is 264 cm³/mol. The number of hydrogen-bond donors (Lipinski definition) is 0. The van der Waals surface area contributed by atoms with Crippen molar-refractivity contribution in [1.82, 2.24) is 19.9 Å². The van der Waals surface area contributed by atoms with Gasteiger partial charge in [-0.25, -0.2) is 19.9 Å². The third-order valence-corrected chi connectivity index (χ3v) is 13.3. The van der Waals surface area contributed by atoms with Crippen molar-refractivity contribution < 1.29 is 0 Å². The Morgan fingerprint density at radius 3 is 1.29 bits per heavy atom. The topological polar surface area (TPSA) is 51.6 Å². The maximum Gasteiger partial charge on any atom is 0.164 e. The van der Waals surface area contributed by atoms with Crippen LogP contribution in [-0.2, 0) is 5.41 Å². The van der Waals surface area contributed by atoms with Crippen LogP contribution < -0.4 is 0 Å². The molecule has 1 spiro atoms. The molecular formula is C61H38N4. The molecule has 0 unspecified atom stereocenters. The summed E-state index contributed by atoms with van der Waals surface area (Å²) in [6, 6.07) is 82.1. The van der Waals surface area contributed by atoms with Gasteiger partial charge in [-0.1, -0.05) is 212 Å². The highest BCUT2D eigenvalue weighted by Crippen LogP contribution is 2.65. The summed E-state index contributed by atoms with van der Waals surface area (Å²) in [5, 5.41) is 1.19. The summed E-state index contributed by atoms with van der Waals surface area (Å²) in [7, 11) is 0. The van der Waals surface area contributed by atoms with Crippen molar-refractivity contribution in [1.29, 1.82) is 0 Å². The SMILES string of the molecule is c1ccc(-c2nc(-c3ccccc3)nc(-c3cccc(-c4cccc(-c5ccc(-c6nc7ccccc7c7c6-c6ccccc6C76c7ccccc7-c7ccccc76)cc5)c4)c3)n2)cc1. The zero-order valence-electron chi connectivity index (χ0n) is 35.2. The number of benzene rings is 9. The fraction of sp³-hybridized carbons (Fsp3) is 0.0164. The number of fused-ring (bicyclic) bond motifs is 12. The Kier molecular flexibility index (Phi) is 8.40. The number of hydrogen-bond acceptors (Lipinski definition) is 4. The highest BCUT2D eigenvalue weighted by molar-refractivity contribution is 6.06. The molecule has 11 aromatic rings. The largest absolute Gasteiger partial charge is 0.247 e. The van der Waals surface area contributed by atoms with E-state index in [1.165, 1.54) is 49.9 Å². The smallest absolute Gasteiger partial charge is 0.164 e. The van der Waals surface area contributed by atoms with Gasteiger partial charge < -0.3 is 0 Å². The summed E-state index contributed by atoms with van der Waals surface area (Å²) in [6.45, 7) is 0. The molecule has 0 saturated heterocycles. The Labute approximate surface area is 377 Å². The lowest BCUT2D eigenvalue weighted by molar-refractivity contribution is 0.801. The second-order valence-corrected chi connectivity index (χ2v) is 16.9. The van der Waals surface area contributed by atoms with E-state index in [4.69, 9.17) is 19.9 Å². The minimum atomic E-state index is -0.466. The molecule has 4 nitrogen and oxygen atoms in total. The van der Waals surface area contributed by atoms with E-state index >= 15 is 0 Å². The first-order valence-electron chi connectivity index (χ1n) is 22.1. The third-order valence-electron chi connectivity index (χ3n) is 13.3. The van der Waals surface area contributed by atoms with Gasteiger partial charge >= 0.3 is 0 Å². The Morgan fingerprint density at radius 1 is 0.277 bits per heavy atom. The summed E-state index contributed by atoms with van der Waals surface area (Å²) in [4.78, 5) is 20.4. The number of rotatable bonds is 6. The first kappa shape index (κ1) is 37.0. The van der Waals surface area contributed by atoms with Crippen LogP contribution in [-0.4, -0.2) is 19.9 Å². The first-order chi connectivity index (χ1) is 32.2. The van der Waals surface area contributed by atoms with Crippen molar-refractivity contribution in [3.8, 4) is 89.9 Å². The maximum atomic E-state index is 5.50. The van der Waals surface area contributed by atoms with E-state index in [2.05, 4.69) is 170 Å². The lowest BCUT2D eigenvalue weighted by Gasteiger charge is -2.31. The standard InChI is InChI=1S/C61H38N4/c1-3-17-41(18-4-1)58-63-59(42-19-5-2-6-20-42)65-60(64-58)46-24-16-23-45(38-46)44-22-15-21-43(37-44)39-33-35-40(36-34-39)57-55-49-27-9-13-31-53(49)61(56(55)50-28-10-14-32-54(50)62-57)51-29-11-7-25-47(51)48-26-8-12-30-52(48)61/h1-38H. The zero-order chi connectivity index (χ0) is 42.9. The van der Waals surface area contributed by atoms with Crippen molar-refractivity contribution in [2.75, 3.05) is 0 Å². The molecule has 0 aliphatic heterocycles. The van der Waals surface area contributed by atoms with E-state index in [-0.39, 0.29) is 0 Å². The first-order valence-corrected chi connectivity index (χ1v) is 22.1. The maximum absolute atomic E-state index is 5.50. The van der Waals surface area contributed by atoms with Crippen LogP contribution in [0.4, 0.5) is 0 Å². The molecule has 2 aromatic heterocycles. The summed E-state index contributed by atoms with van der Waals surface area (Å²) >= 11 is 0. The molecule has 13 rings (SSSR count). The van der Waals surface area contributed by atoms with Crippen LogP contribution >= 0.6 is 0 Å². The Balaban J connectivity index is 0.902. The van der Waals surface area contributed by atoms with Gasteiger partial charge in [0.25, 0.3) is 0 Å². The molecule has 0 saturated carbocycles. The van der Waals surface area contributed by atoms with Crippen LogP contribution in [0.3, 0.4) is 0 Å². The predicted octanol–water partition coefficient (Wildman–Crippen LogP) is 14.8. The van der Waals surface area contributed by atoms with Crippen LogP contribution in [0.25, 0.3) is 101 Å². The second-order valence-electron chi connectivity index (χ2n) is 16.9. The van der Waals surface area contributed by atoms with Gasteiger partial charge in [0.15, 0.2) is 17.5 Å². The summed E-state index contributed by atoms with van der Waals surface area (Å²) in [5.74, 6) is 1.93. The van der Waals surface area contributed by atoms with Gasteiger partial charge in [-0.3, -0.25) is 0 Å². The summed E-state index contributed by atoms with van der Waals surface area (Å²) in [5.41, 5.74) is 20.3. The second kappa shape index (κ2) is 14.8. The molecule has 0 N–H and O–H groups in total. The third kappa shape index (κ3) is 5.77. The van der Waals surface area contributed by atoms with E-state index in [1.807, 2.05) is 60.7 Å². The van der Waals surface area contributed by atoms with E-state index in [1.54, 1.807) is 0 Å². The monoisotopic (exact) mass is 826 g/mol. The van der Waals surface area contributed by atoms with E-state index in [0.717, 1.165) is 55.7 Å². The van der Waals surface area contributed by atoms with Crippen molar-refractivity contribution in [2.24, 2.45) is 0 Å². The number of para-hydroxylation sites is 1. The normalized spacial score (nSPS) is 12.7. The molecule has 0 amide bonds. The van der Waals surface area contributed by atoms with Crippen LogP contribution in [0.1, 0.15) is 22.3 Å². The molecule has 0 fully saturated rings. The van der Waals surface area contributed by atoms with E-state index in [9.17, 15) is 0 Å². The minimum Gasteiger partial charge on any atom is -0.247 e. The minimum absolute atomic E-state index is 0.466. The fourth-order valence-electron chi connectivity index (χ4n) is 10.5. The van der Waals surface area contributed by atoms with Crippen LogP contribution in [0.2, 0.25) is 0 Å². The highest BCUT2D eigenvalue weighted by atomic mass is 15.0. The molecule has 0 radical (unpaired) electrons. The molecule has 0 atom stereocenters. The average molecular weight is 827 g/mol. The Morgan fingerprint density at radius 2 is 0.692 bits per heavy atom. The van der Waals surface area contributed by atoms with Crippen molar-refractivity contribution >= 4 is 10.9 Å². The lowest BCUT2D eigenvalue weighted by Crippen LogP contribution is -2.26. The number of pyridine rings is 1. The number of aromatic nitrogens is 4. The van der Waals surface area contributed by atoms with Gasteiger partial charge in [0, 0.05) is 33.2 Å². The molecule has 2 aliphatic carbocycles. The molecule has 2 aliphatic rings. The molecule has 65 heavy (non-hydrogen) atoms. The van der Waals surface area contributed by atoms with Crippen LogP contribution in [0, 0.1) is 0 Å². The Bertz CT molecular complexity index is 3550. The molecule has 9 aromatic carbocycles. The summed E-state index contributed by atoms with van der Waals surface area (Å²) in [6.07, 6.45) is 0. The fourth-order valence-corrected chi connectivity index (χ4v) is 10.5. The molecule has 0 bridgehead atoms. The van der Waals surface area contributed by atoms with Gasteiger partial charge in [0.1, 0.15) is 0 Å². The lowest BCUT2D eigenvalue weighted by atomic mass is 9.69. The van der Waals surface area contributed by atoms with Crippen molar-refractivity contribution in [3.63, 3.8) is 0 Å². The van der Waals surface area contributed by atoms with E-state index in [0.29, 0.717) is 17.5 Å². The molecule has 2 heterocycles. The van der Waals surface area contributed by atoms with Crippen LogP contribution in [0.5, 0.6) is 0 Å². The van der Waals surface area contributed by atoms with E-state index < -0.39 is 5.41 Å². The quantitative estimate of drug-likeness (QED) is 0.168. The highest BCUT2D eigenvalue weighted by Gasteiger charge is 2.53. The molecule has 302 valence electrons. The van der Waals surface area contributed by atoms with Crippen molar-refractivity contribution in [3.05, 3.63) is 253 Å². The zero-order valence-corrected chi connectivity index (χ0v) is 35.2. The van der Waals surface area contributed by atoms with Gasteiger partial charge in [0.05, 0.1) is 16.6 Å². The molecular weight excluding hydrogens is 789 g/mol. The summed E-state index contributed by atoms with van der Waals surface area (Å²) < 4.78 is 0. The average Bonchev–Trinajstić information content (AvgIpc) is 3.87. The van der Waals surface area contributed by atoms with Crippen LogP contribution in [0.15, 0.2) is 231 Å². The Hall–Kier alpha value is -8.60. The van der Waals surface area contributed by atoms with Gasteiger partial charge in [0.2, 0.25) is 0 Å².